The fourth-order valence-electron chi connectivity index (χ4n) is 4.38. The Kier molecular flexibility index (Phi) is 8.71. The lowest BCUT2D eigenvalue weighted by molar-refractivity contribution is -0.113. The van der Waals surface area contributed by atoms with Crippen molar-refractivity contribution >= 4 is 126 Å². The highest BCUT2D eigenvalue weighted by atomic mass is 79.9. The summed E-state index contributed by atoms with van der Waals surface area (Å²) in [5, 5.41) is 3.09. The fraction of sp³-hybridized carbons (Fsp3) is 0.185. The molecular formula is C27H19Br4N3O3S2. The standard InChI is InChI=1S/C27H19Br4N3O3S2/c1-3-12-6-5-7-13(4-2)24(12)33-17(35)11-38-27-32-15-9-8-14(10-16(15)39-27)34-25(36)18-19(26(34)37)21(29)23(31)22(30)20(18)28/h5-10H,3-4,11H2,1-2H3,(H,33,35). The van der Waals surface area contributed by atoms with Crippen molar-refractivity contribution in [2.75, 3.05) is 16.0 Å². The molecule has 5 rings (SSSR count). The van der Waals surface area contributed by atoms with Crippen molar-refractivity contribution in [3.8, 4) is 0 Å². The van der Waals surface area contributed by atoms with Crippen LogP contribution in [0.5, 0.6) is 0 Å². The smallest absolute Gasteiger partial charge is 0.267 e. The third-order valence-corrected chi connectivity index (χ3v) is 13.2. The Hall–Kier alpha value is -1.57. The zero-order chi connectivity index (χ0) is 28.0. The molecule has 0 spiro atoms. The number of amides is 3. The van der Waals surface area contributed by atoms with Gasteiger partial charge in [0.2, 0.25) is 5.91 Å². The van der Waals surface area contributed by atoms with Crippen LogP contribution in [-0.2, 0) is 17.6 Å². The highest BCUT2D eigenvalue weighted by Gasteiger charge is 2.42. The van der Waals surface area contributed by atoms with Crippen LogP contribution in [0.15, 0.2) is 58.6 Å². The maximum atomic E-state index is 13.4. The molecule has 200 valence electrons. The van der Waals surface area contributed by atoms with Gasteiger partial charge in [0, 0.05) is 23.6 Å². The van der Waals surface area contributed by atoms with Gasteiger partial charge in [-0.3, -0.25) is 14.4 Å². The summed E-state index contributed by atoms with van der Waals surface area (Å²) in [5.74, 6) is -0.692. The van der Waals surface area contributed by atoms with Crippen LogP contribution in [0.25, 0.3) is 10.2 Å². The van der Waals surface area contributed by atoms with E-state index in [1.165, 1.54) is 28.0 Å². The molecule has 0 bridgehead atoms. The van der Waals surface area contributed by atoms with Gasteiger partial charge in [-0.05, 0) is 106 Å². The van der Waals surface area contributed by atoms with Crippen LogP contribution in [-0.4, -0.2) is 28.5 Å². The Morgan fingerprint density at radius 2 is 1.51 bits per heavy atom. The van der Waals surface area contributed by atoms with E-state index in [4.69, 9.17) is 0 Å². The minimum Gasteiger partial charge on any atom is -0.325 e. The number of nitrogens with zero attached hydrogens (tertiary/aromatic N) is 2. The van der Waals surface area contributed by atoms with Crippen molar-refractivity contribution in [2.45, 2.75) is 31.0 Å². The maximum absolute atomic E-state index is 13.4. The molecule has 0 saturated heterocycles. The van der Waals surface area contributed by atoms with E-state index >= 15 is 0 Å². The van der Waals surface area contributed by atoms with Crippen molar-refractivity contribution in [2.24, 2.45) is 0 Å². The van der Waals surface area contributed by atoms with Gasteiger partial charge in [-0.15, -0.1) is 11.3 Å². The summed E-state index contributed by atoms with van der Waals surface area (Å²) in [6.45, 7) is 4.15. The van der Waals surface area contributed by atoms with E-state index in [0.717, 1.165) is 44.2 Å². The number of hydrogen-bond donors (Lipinski definition) is 1. The summed E-state index contributed by atoms with van der Waals surface area (Å²) in [6, 6.07) is 11.4. The number of nitrogens with one attached hydrogen (secondary N) is 1. The van der Waals surface area contributed by atoms with Gasteiger partial charge in [0.05, 0.1) is 32.8 Å². The van der Waals surface area contributed by atoms with Gasteiger partial charge in [-0.2, -0.15) is 0 Å². The molecular weight excluding hydrogens is 798 g/mol. The number of fused-ring (bicyclic) bond motifs is 2. The first-order valence-corrected chi connectivity index (χ1v) is 16.8. The molecule has 1 N–H and O–H groups in total. The van der Waals surface area contributed by atoms with Gasteiger partial charge >= 0.3 is 0 Å². The molecule has 12 heteroatoms. The number of thioether (sulfide) groups is 1. The number of anilines is 2. The number of hydrogen-bond acceptors (Lipinski definition) is 6. The number of halogens is 4. The molecule has 1 aromatic heterocycles. The van der Waals surface area contributed by atoms with Gasteiger partial charge in [0.15, 0.2) is 4.34 Å². The van der Waals surface area contributed by atoms with Gasteiger partial charge < -0.3 is 5.32 Å². The maximum Gasteiger partial charge on any atom is 0.267 e. The Morgan fingerprint density at radius 1 is 0.923 bits per heavy atom. The molecule has 0 aliphatic carbocycles. The molecule has 0 unspecified atom stereocenters. The predicted molar refractivity (Wildman–Crippen MR) is 173 cm³/mol. The van der Waals surface area contributed by atoms with Crippen LogP contribution in [0.2, 0.25) is 0 Å². The zero-order valence-electron chi connectivity index (χ0n) is 20.5. The number of benzene rings is 3. The van der Waals surface area contributed by atoms with Crippen molar-refractivity contribution in [1.29, 1.82) is 0 Å². The number of carbonyl (C=O) groups excluding carboxylic acids is 3. The number of rotatable bonds is 7. The van der Waals surface area contributed by atoms with Gasteiger partial charge in [-0.25, -0.2) is 9.88 Å². The molecule has 6 nitrogen and oxygen atoms in total. The van der Waals surface area contributed by atoms with E-state index in [-0.39, 0.29) is 11.7 Å². The van der Waals surface area contributed by atoms with Crippen LogP contribution in [0.3, 0.4) is 0 Å². The quantitative estimate of drug-likeness (QED) is 0.0873. The van der Waals surface area contributed by atoms with Crippen LogP contribution < -0.4 is 10.2 Å². The normalized spacial score (nSPS) is 12.9. The lowest BCUT2D eigenvalue weighted by Crippen LogP contribution is -2.29. The van der Waals surface area contributed by atoms with Crippen molar-refractivity contribution in [1.82, 2.24) is 4.98 Å². The first-order valence-electron chi connectivity index (χ1n) is 11.8. The number of imide groups is 1. The largest absolute Gasteiger partial charge is 0.325 e. The highest BCUT2D eigenvalue weighted by molar-refractivity contribution is 9.15. The van der Waals surface area contributed by atoms with E-state index in [1.54, 1.807) is 18.2 Å². The monoisotopic (exact) mass is 813 g/mol. The van der Waals surface area contributed by atoms with Crippen molar-refractivity contribution in [3.05, 3.63) is 76.5 Å². The SMILES string of the molecule is CCc1cccc(CC)c1NC(=O)CSc1nc2ccc(N3C(=O)c4c(Br)c(Br)c(Br)c(Br)c4C3=O)cc2s1. The first-order chi connectivity index (χ1) is 18.7. The zero-order valence-corrected chi connectivity index (χ0v) is 28.5. The first kappa shape index (κ1) is 28.9. The van der Waals surface area contributed by atoms with E-state index in [9.17, 15) is 14.4 Å². The summed E-state index contributed by atoms with van der Waals surface area (Å²) < 4.78 is 3.86. The number of aryl methyl sites for hydroxylation is 2. The molecule has 3 aromatic carbocycles. The Bertz CT molecular complexity index is 1620. The molecule has 1 aliphatic rings. The van der Waals surface area contributed by atoms with E-state index in [1.807, 2.05) is 18.2 Å². The average Bonchev–Trinajstić information content (AvgIpc) is 3.46. The summed E-state index contributed by atoms with van der Waals surface area (Å²) in [6.07, 6.45) is 1.68. The second-order valence-electron chi connectivity index (χ2n) is 8.58. The third kappa shape index (κ3) is 5.28. The molecule has 2 heterocycles. The van der Waals surface area contributed by atoms with Crippen LogP contribution in [0, 0.1) is 0 Å². The van der Waals surface area contributed by atoms with Crippen LogP contribution >= 0.6 is 86.8 Å². The minimum atomic E-state index is -0.412. The van der Waals surface area contributed by atoms with E-state index in [2.05, 4.69) is 87.9 Å². The third-order valence-electron chi connectivity index (χ3n) is 6.30. The van der Waals surface area contributed by atoms with E-state index < -0.39 is 11.8 Å². The Labute approximate surface area is 266 Å². The lowest BCUT2D eigenvalue weighted by Gasteiger charge is -2.14. The highest BCUT2D eigenvalue weighted by Crippen LogP contribution is 2.46. The molecule has 4 aromatic rings. The van der Waals surface area contributed by atoms with Crippen molar-refractivity contribution < 1.29 is 14.4 Å². The van der Waals surface area contributed by atoms with Crippen LogP contribution in [0.4, 0.5) is 11.4 Å². The summed E-state index contributed by atoms with van der Waals surface area (Å²) in [5.41, 5.74) is 4.93. The Morgan fingerprint density at radius 3 is 2.08 bits per heavy atom. The predicted octanol–water partition coefficient (Wildman–Crippen LogP) is 9.00. The lowest BCUT2D eigenvalue weighted by atomic mass is 10.0. The molecule has 0 radical (unpaired) electrons. The number of carbonyl (C=O) groups is 3. The van der Waals surface area contributed by atoms with Gasteiger partial charge in [0.25, 0.3) is 11.8 Å². The average molecular weight is 817 g/mol. The van der Waals surface area contributed by atoms with Gasteiger partial charge in [0.1, 0.15) is 0 Å². The second-order valence-corrected chi connectivity index (χ2v) is 14.0. The summed E-state index contributed by atoms with van der Waals surface area (Å²) in [4.78, 5) is 45.3. The van der Waals surface area contributed by atoms with E-state index in [0.29, 0.717) is 34.7 Å². The van der Waals surface area contributed by atoms with Crippen LogP contribution in [0.1, 0.15) is 45.7 Å². The number of para-hydroxylation sites is 1. The molecule has 0 fully saturated rings. The Balaban J connectivity index is 1.35. The summed E-state index contributed by atoms with van der Waals surface area (Å²) in [7, 11) is 0. The minimum absolute atomic E-state index is 0.0879. The molecule has 0 atom stereocenters. The van der Waals surface area contributed by atoms with Crippen molar-refractivity contribution in [3.63, 3.8) is 0 Å². The molecule has 1 aliphatic heterocycles. The van der Waals surface area contributed by atoms with Gasteiger partial charge in [-0.1, -0.05) is 43.8 Å². The fourth-order valence-corrected chi connectivity index (χ4v) is 8.74. The molecule has 0 saturated carbocycles. The topological polar surface area (TPSA) is 79.4 Å². The number of aromatic nitrogens is 1. The number of thiazole rings is 1. The molecule has 3 amide bonds. The molecule has 39 heavy (non-hydrogen) atoms. The second kappa shape index (κ2) is 11.7. The summed E-state index contributed by atoms with van der Waals surface area (Å²) >= 11 is 16.6.